The summed E-state index contributed by atoms with van der Waals surface area (Å²) in [6.45, 7) is 0. The van der Waals surface area contributed by atoms with Gasteiger partial charge in [0.1, 0.15) is 0 Å². The molecule has 32 heavy (non-hydrogen) atoms. The van der Waals surface area contributed by atoms with Gasteiger partial charge in [-0.1, -0.05) is 62.8 Å². The third-order valence-electron chi connectivity index (χ3n) is 6.74. The minimum atomic E-state index is 0.681. The quantitative estimate of drug-likeness (QED) is 0.378. The Morgan fingerprint density at radius 2 is 1.56 bits per heavy atom. The highest BCUT2D eigenvalue weighted by atomic mass is 32.2. The number of nitrogens with one attached hydrogen (secondary N) is 1. The number of rotatable bonds is 4. The predicted molar refractivity (Wildman–Crippen MR) is 142 cm³/mol. The van der Waals surface area contributed by atoms with E-state index in [1.807, 2.05) is 17.8 Å². The number of anilines is 1. The Bertz CT molecular complexity index is 960. The SMILES string of the molecule is c1ccc2c(c1)SCN2C1CCCCC1.c1ccc2sc(SNC3CCCCC3)nc2c1. The molecule has 170 valence electrons. The molecular weight excluding hydrogens is 451 g/mol. The molecule has 1 aliphatic heterocycles. The molecule has 6 heteroatoms. The Hall–Kier alpha value is -1.21. The van der Waals surface area contributed by atoms with Crippen molar-refractivity contribution in [3.05, 3.63) is 48.5 Å². The maximum absolute atomic E-state index is 4.62. The number of nitrogens with zero attached hydrogens (tertiary/aromatic N) is 2. The Kier molecular flexibility index (Phi) is 7.96. The Balaban J connectivity index is 0.000000136. The van der Waals surface area contributed by atoms with Crippen molar-refractivity contribution in [1.29, 1.82) is 0 Å². The summed E-state index contributed by atoms with van der Waals surface area (Å²) in [6, 6.07) is 18.7. The van der Waals surface area contributed by atoms with E-state index in [1.165, 1.54) is 85.4 Å². The second-order valence-electron chi connectivity index (χ2n) is 9.01. The molecule has 0 bridgehead atoms. The minimum Gasteiger partial charge on any atom is -0.358 e. The first-order valence-corrected chi connectivity index (χ1v) is 14.7. The van der Waals surface area contributed by atoms with Crippen molar-refractivity contribution in [2.45, 2.75) is 85.5 Å². The van der Waals surface area contributed by atoms with Crippen molar-refractivity contribution in [3.8, 4) is 0 Å². The molecule has 3 aliphatic rings. The molecule has 1 aromatic heterocycles. The van der Waals surface area contributed by atoms with E-state index in [9.17, 15) is 0 Å². The summed E-state index contributed by atoms with van der Waals surface area (Å²) in [7, 11) is 0. The van der Waals surface area contributed by atoms with Gasteiger partial charge in [0.25, 0.3) is 0 Å². The van der Waals surface area contributed by atoms with Crippen LogP contribution in [0.25, 0.3) is 10.2 Å². The molecular formula is C26H33N3S3. The van der Waals surface area contributed by atoms with E-state index in [0.29, 0.717) is 6.04 Å². The lowest BCUT2D eigenvalue weighted by molar-refractivity contribution is 0.423. The van der Waals surface area contributed by atoms with Crippen LogP contribution in [0.1, 0.15) is 64.2 Å². The number of aromatic nitrogens is 1. The zero-order chi connectivity index (χ0) is 21.6. The first kappa shape index (κ1) is 22.6. The Morgan fingerprint density at radius 1 is 0.844 bits per heavy atom. The molecule has 0 unspecified atom stereocenters. The second-order valence-corrected chi connectivity index (χ2v) is 12.1. The van der Waals surface area contributed by atoms with Gasteiger partial charge >= 0.3 is 0 Å². The van der Waals surface area contributed by atoms with Gasteiger partial charge in [-0.15, -0.1) is 23.1 Å². The van der Waals surface area contributed by atoms with E-state index in [4.69, 9.17) is 0 Å². The van der Waals surface area contributed by atoms with Gasteiger partial charge in [-0.3, -0.25) is 4.72 Å². The summed E-state index contributed by atoms with van der Waals surface area (Å²) in [5, 5.41) is 0. The van der Waals surface area contributed by atoms with Crippen molar-refractivity contribution in [1.82, 2.24) is 9.71 Å². The molecule has 2 saturated carbocycles. The van der Waals surface area contributed by atoms with Crippen molar-refractivity contribution >= 4 is 51.0 Å². The molecule has 2 fully saturated rings. The molecule has 1 N–H and O–H groups in total. The fourth-order valence-electron chi connectivity index (χ4n) is 4.97. The molecule has 2 heterocycles. The molecule has 0 spiro atoms. The third kappa shape index (κ3) is 5.64. The van der Waals surface area contributed by atoms with E-state index in [-0.39, 0.29) is 0 Å². The van der Waals surface area contributed by atoms with Gasteiger partial charge in [-0.2, -0.15) is 0 Å². The summed E-state index contributed by atoms with van der Waals surface area (Å²) in [5.41, 5.74) is 2.60. The summed E-state index contributed by atoms with van der Waals surface area (Å²) in [6.07, 6.45) is 13.9. The maximum Gasteiger partial charge on any atom is 0.166 e. The van der Waals surface area contributed by atoms with Gasteiger partial charge in [0.15, 0.2) is 4.34 Å². The number of hydrogen-bond acceptors (Lipinski definition) is 6. The van der Waals surface area contributed by atoms with Gasteiger partial charge in [0.05, 0.1) is 21.8 Å². The van der Waals surface area contributed by atoms with Gasteiger partial charge < -0.3 is 4.90 Å². The molecule has 6 rings (SSSR count). The van der Waals surface area contributed by atoms with Crippen LogP contribution in [0.5, 0.6) is 0 Å². The molecule has 0 amide bonds. The maximum atomic E-state index is 4.62. The van der Waals surface area contributed by atoms with Gasteiger partial charge in [-0.05, 0) is 61.9 Å². The topological polar surface area (TPSA) is 28.2 Å². The fourth-order valence-corrected chi connectivity index (χ4v) is 8.03. The summed E-state index contributed by atoms with van der Waals surface area (Å²) < 4.78 is 5.98. The monoisotopic (exact) mass is 483 g/mol. The molecule has 2 aromatic carbocycles. The minimum absolute atomic E-state index is 0.681. The van der Waals surface area contributed by atoms with E-state index >= 15 is 0 Å². The van der Waals surface area contributed by atoms with Crippen LogP contribution in [0, 0.1) is 0 Å². The lowest BCUT2D eigenvalue weighted by Crippen LogP contribution is -2.34. The number of benzene rings is 2. The second kappa shape index (κ2) is 11.3. The average Bonchev–Trinajstić information content (AvgIpc) is 3.48. The Morgan fingerprint density at radius 3 is 2.38 bits per heavy atom. The van der Waals surface area contributed by atoms with Crippen LogP contribution in [0.3, 0.4) is 0 Å². The largest absolute Gasteiger partial charge is 0.358 e. The zero-order valence-corrected chi connectivity index (χ0v) is 21.1. The van der Waals surface area contributed by atoms with Crippen molar-refractivity contribution in [2.75, 3.05) is 10.8 Å². The van der Waals surface area contributed by atoms with Crippen LogP contribution in [-0.2, 0) is 0 Å². The average molecular weight is 484 g/mol. The standard InChI is InChI=1S/C13H16N2S2.C13H17NS/c1-2-6-10(7-3-1)15-17-13-14-11-8-4-5-9-12(11)16-13;1-2-6-11(7-3-1)14-10-15-13-9-5-4-8-12(13)14/h4-5,8-10,15H,1-3,6-7H2;4-5,8-9,11H,1-3,6-7,10H2. The molecule has 3 nitrogen and oxygen atoms in total. The van der Waals surface area contributed by atoms with Gasteiger partial charge in [0.2, 0.25) is 0 Å². The predicted octanol–water partition coefficient (Wildman–Crippen LogP) is 8.11. The number of thiazole rings is 1. The highest BCUT2D eigenvalue weighted by molar-refractivity contribution is 8.00. The van der Waals surface area contributed by atoms with E-state index in [2.05, 4.69) is 57.1 Å². The molecule has 2 aliphatic carbocycles. The van der Waals surface area contributed by atoms with E-state index in [0.717, 1.165) is 15.9 Å². The first-order chi connectivity index (χ1) is 15.9. The molecule has 0 atom stereocenters. The summed E-state index contributed by atoms with van der Waals surface area (Å²) >= 11 is 5.48. The van der Waals surface area contributed by atoms with Crippen LogP contribution in [0.15, 0.2) is 57.8 Å². The summed E-state index contributed by atoms with van der Waals surface area (Å²) in [4.78, 5) is 8.72. The molecule has 0 saturated heterocycles. The number of thioether (sulfide) groups is 1. The lowest BCUT2D eigenvalue weighted by atomic mass is 9.94. The van der Waals surface area contributed by atoms with Gasteiger partial charge in [-0.25, -0.2) is 4.98 Å². The van der Waals surface area contributed by atoms with Crippen LogP contribution in [0.4, 0.5) is 5.69 Å². The fraction of sp³-hybridized carbons (Fsp3) is 0.500. The van der Waals surface area contributed by atoms with E-state index in [1.54, 1.807) is 23.3 Å². The highest BCUT2D eigenvalue weighted by Gasteiger charge is 2.27. The normalized spacial score (nSPS) is 19.6. The van der Waals surface area contributed by atoms with Gasteiger partial charge in [0, 0.05) is 17.0 Å². The van der Waals surface area contributed by atoms with Crippen molar-refractivity contribution in [3.63, 3.8) is 0 Å². The van der Waals surface area contributed by atoms with Crippen LogP contribution in [0.2, 0.25) is 0 Å². The Labute approximate surface area is 204 Å². The molecule has 3 aromatic rings. The smallest absolute Gasteiger partial charge is 0.166 e. The third-order valence-corrected chi connectivity index (χ3v) is 9.85. The van der Waals surface area contributed by atoms with E-state index < -0.39 is 0 Å². The zero-order valence-electron chi connectivity index (χ0n) is 18.7. The number of fused-ring (bicyclic) bond motifs is 2. The van der Waals surface area contributed by atoms with Crippen molar-refractivity contribution in [2.24, 2.45) is 0 Å². The highest BCUT2D eigenvalue weighted by Crippen LogP contribution is 2.41. The molecule has 0 radical (unpaired) electrons. The van der Waals surface area contributed by atoms with Crippen LogP contribution >= 0.6 is 35.0 Å². The number of para-hydroxylation sites is 2. The number of hydrogen-bond donors (Lipinski definition) is 1. The first-order valence-electron chi connectivity index (χ1n) is 12.1. The van der Waals surface area contributed by atoms with Crippen molar-refractivity contribution < 1.29 is 0 Å². The summed E-state index contributed by atoms with van der Waals surface area (Å²) in [5.74, 6) is 1.17. The lowest BCUT2D eigenvalue weighted by Gasteiger charge is -2.32. The van der Waals surface area contributed by atoms with Crippen LogP contribution < -0.4 is 9.62 Å². The van der Waals surface area contributed by atoms with Crippen LogP contribution in [-0.4, -0.2) is 22.9 Å².